The van der Waals surface area contributed by atoms with Crippen LogP contribution in [0.5, 0.6) is 0 Å². The maximum Gasteiger partial charge on any atom is 0.264 e. The van der Waals surface area contributed by atoms with Crippen LogP contribution in [0.25, 0.3) is 10.2 Å². The number of nitrogens with zero attached hydrogens (tertiary/aromatic N) is 3. The Morgan fingerprint density at radius 1 is 1.29 bits per heavy atom. The van der Waals surface area contributed by atoms with Crippen molar-refractivity contribution in [2.24, 2.45) is 11.8 Å². The van der Waals surface area contributed by atoms with Gasteiger partial charge in [-0.15, -0.1) is 11.3 Å². The second-order valence-corrected chi connectivity index (χ2v) is 8.92. The van der Waals surface area contributed by atoms with Crippen LogP contribution in [0.2, 0.25) is 0 Å². The molecule has 1 aliphatic heterocycles. The van der Waals surface area contributed by atoms with Crippen LogP contribution in [-0.2, 0) is 11.3 Å². The number of aromatic nitrogens is 2. The zero-order valence-corrected chi connectivity index (χ0v) is 17.8. The van der Waals surface area contributed by atoms with E-state index in [1.807, 2.05) is 11.8 Å². The van der Waals surface area contributed by atoms with Crippen molar-refractivity contribution >= 4 is 33.4 Å². The van der Waals surface area contributed by atoms with E-state index in [4.69, 9.17) is 0 Å². The number of amides is 2. The minimum atomic E-state index is -0.273. The van der Waals surface area contributed by atoms with Crippen LogP contribution in [0.1, 0.15) is 48.8 Å². The molecule has 0 aromatic carbocycles. The number of nitrogens with one attached hydrogen (secondary N) is 1. The van der Waals surface area contributed by atoms with Gasteiger partial charge in [-0.05, 0) is 37.2 Å². The van der Waals surface area contributed by atoms with E-state index in [-0.39, 0.29) is 23.9 Å². The number of hydrogen-bond acceptors (Lipinski definition) is 5. The molecule has 1 aliphatic rings. The molecule has 2 atom stereocenters. The first-order valence-corrected chi connectivity index (χ1v) is 10.7. The highest BCUT2D eigenvalue weighted by atomic mass is 32.1. The molecule has 1 fully saturated rings. The molecule has 0 radical (unpaired) electrons. The van der Waals surface area contributed by atoms with E-state index in [1.54, 1.807) is 6.92 Å². The summed E-state index contributed by atoms with van der Waals surface area (Å²) in [5, 5.41) is 3.20. The van der Waals surface area contributed by atoms with E-state index in [0.717, 1.165) is 25.9 Å². The average molecular weight is 405 g/mol. The summed E-state index contributed by atoms with van der Waals surface area (Å²) in [6.45, 7) is 10.1. The molecular weight excluding hydrogens is 376 g/mol. The lowest BCUT2D eigenvalue weighted by Crippen LogP contribution is -2.42. The Morgan fingerprint density at radius 2 is 1.96 bits per heavy atom. The lowest BCUT2D eigenvalue weighted by molar-refractivity contribution is -0.121. The van der Waals surface area contributed by atoms with Crippen LogP contribution in [0.15, 0.2) is 11.1 Å². The standard InChI is InChI=1S/C20H28N4O3S/c1-5-6-21-15(25)10-24-11-22-18-16(19(24)26)14(4)17(28-18)20(27)23-8-12(2)7-13(3)9-23/h11-13H,5-10H2,1-4H3,(H,21,25)/t12-,13+. The van der Waals surface area contributed by atoms with Crippen molar-refractivity contribution in [2.45, 2.75) is 47.1 Å². The molecule has 0 spiro atoms. The van der Waals surface area contributed by atoms with Gasteiger partial charge in [-0.3, -0.25) is 19.0 Å². The molecule has 7 nitrogen and oxygen atoms in total. The molecule has 3 heterocycles. The van der Waals surface area contributed by atoms with Crippen molar-refractivity contribution in [2.75, 3.05) is 19.6 Å². The highest BCUT2D eigenvalue weighted by Gasteiger charge is 2.29. The summed E-state index contributed by atoms with van der Waals surface area (Å²) < 4.78 is 1.31. The molecule has 2 aromatic heterocycles. The SMILES string of the molecule is CCCNC(=O)Cn1cnc2sc(C(=O)N3C[C@H](C)C[C@H](C)C3)c(C)c2c1=O. The fourth-order valence-corrected chi connectivity index (χ4v) is 5.03. The largest absolute Gasteiger partial charge is 0.355 e. The monoisotopic (exact) mass is 404 g/mol. The van der Waals surface area contributed by atoms with Gasteiger partial charge >= 0.3 is 0 Å². The number of fused-ring (bicyclic) bond motifs is 1. The Kier molecular flexibility index (Phi) is 6.17. The Bertz CT molecular complexity index is 939. The van der Waals surface area contributed by atoms with Crippen molar-refractivity contribution in [1.82, 2.24) is 19.8 Å². The quantitative estimate of drug-likeness (QED) is 0.829. The molecule has 0 saturated carbocycles. The number of carbonyl (C=O) groups is 2. The Labute approximate surface area is 168 Å². The van der Waals surface area contributed by atoms with Crippen molar-refractivity contribution in [3.8, 4) is 0 Å². The number of thiophene rings is 1. The summed E-state index contributed by atoms with van der Waals surface area (Å²) in [6.07, 6.45) is 3.35. The lowest BCUT2D eigenvalue weighted by Gasteiger charge is -2.34. The van der Waals surface area contributed by atoms with E-state index >= 15 is 0 Å². The number of piperidine rings is 1. The summed E-state index contributed by atoms with van der Waals surface area (Å²) in [7, 11) is 0. The van der Waals surface area contributed by atoms with Gasteiger partial charge in [0.1, 0.15) is 11.4 Å². The Morgan fingerprint density at radius 3 is 2.61 bits per heavy atom. The van der Waals surface area contributed by atoms with E-state index in [1.165, 1.54) is 22.2 Å². The lowest BCUT2D eigenvalue weighted by atomic mass is 9.92. The molecule has 0 aliphatic carbocycles. The van der Waals surface area contributed by atoms with Crippen molar-refractivity contribution in [1.29, 1.82) is 0 Å². The van der Waals surface area contributed by atoms with E-state index < -0.39 is 0 Å². The molecule has 152 valence electrons. The number of aryl methyl sites for hydroxylation is 1. The summed E-state index contributed by atoms with van der Waals surface area (Å²) in [4.78, 5) is 45.3. The minimum Gasteiger partial charge on any atom is -0.355 e. The second-order valence-electron chi connectivity index (χ2n) is 7.92. The first-order valence-electron chi connectivity index (χ1n) is 9.86. The second kappa shape index (κ2) is 8.43. The van der Waals surface area contributed by atoms with Crippen LogP contribution >= 0.6 is 11.3 Å². The minimum absolute atomic E-state index is 0.0226. The number of likely N-dealkylation sites (tertiary alicyclic amines) is 1. The van der Waals surface area contributed by atoms with Gasteiger partial charge in [0.05, 0.1) is 16.6 Å². The van der Waals surface area contributed by atoms with E-state index in [0.29, 0.717) is 39.0 Å². The average Bonchev–Trinajstić information content (AvgIpc) is 2.98. The zero-order chi connectivity index (χ0) is 20.4. The maximum absolute atomic E-state index is 13.1. The predicted octanol–water partition coefficient (Wildman–Crippen LogP) is 2.41. The van der Waals surface area contributed by atoms with Crippen LogP contribution in [0.3, 0.4) is 0 Å². The molecule has 1 saturated heterocycles. The molecule has 3 rings (SSSR count). The first kappa shape index (κ1) is 20.5. The molecule has 2 aromatic rings. The van der Waals surface area contributed by atoms with Crippen LogP contribution in [0, 0.1) is 18.8 Å². The van der Waals surface area contributed by atoms with Crippen LogP contribution in [0.4, 0.5) is 0 Å². The third-order valence-electron chi connectivity index (χ3n) is 5.15. The van der Waals surface area contributed by atoms with Gasteiger partial charge in [0, 0.05) is 19.6 Å². The Hall–Kier alpha value is -2.22. The van der Waals surface area contributed by atoms with E-state index in [9.17, 15) is 14.4 Å². The summed E-state index contributed by atoms with van der Waals surface area (Å²) in [5.74, 6) is 0.704. The van der Waals surface area contributed by atoms with Gasteiger partial charge in [0.15, 0.2) is 0 Å². The predicted molar refractivity (Wildman–Crippen MR) is 111 cm³/mol. The van der Waals surface area contributed by atoms with Gasteiger partial charge in [-0.25, -0.2) is 4.98 Å². The van der Waals surface area contributed by atoms with Crippen molar-refractivity contribution in [3.63, 3.8) is 0 Å². The van der Waals surface area contributed by atoms with Crippen molar-refractivity contribution < 1.29 is 9.59 Å². The van der Waals surface area contributed by atoms with Gasteiger partial charge < -0.3 is 10.2 Å². The number of rotatable bonds is 5. The fourth-order valence-electron chi connectivity index (χ4n) is 3.92. The van der Waals surface area contributed by atoms with Crippen LogP contribution < -0.4 is 10.9 Å². The topological polar surface area (TPSA) is 84.3 Å². The summed E-state index contributed by atoms with van der Waals surface area (Å²) >= 11 is 1.27. The van der Waals surface area contributed by atoms with Gasteiger partial charge in [0.2, 0.25) is 5.91 Å². The summed E-state index contributed by atoms with van der Waals surface area (Å²) in [5.41, 5.74) is 0.390. The highest BCUT2D eigenvalue weighted by Crippen LogP contribution is 2.30. The van der Waals surface area contributed by atoms with Crippen LogP contribution in [-0.4, -0.2) is 45.9 Å². The molecular formula is C20H28N4O3S. The smallest absolute Gasteiger partial charge is 0.264 e. The molecule has 2 amide bonds. The summed E-state index contributed by atoms with van der Waals surface area (Å²) in [6, 6.07) is 0. The van der Waals surface area contributed by atoms with Gasteiger partial charge in [-0.1, -0.05) is 20.8 Å². The number of carbonyl (C=O) groups excluding carboxylic acids is 2. The van der Waals surface area contributed by atoms with Gasteiger partial charge in [0.25, 0.3) is 11.5 Å². The molecule has 0 unspecified atom stereocenters. The van der Waals surface area contributed by atoms with E-state index in [2.05, 4.69) is 24.1 Å². The molecule has 28 heavy (non-hydrogen) atoms. The third kappa shape index (κ3) is 4.11. The Balaban J connectivity index is 1.91. The number of hydrogen-bond donors (Lipinski definition) is 1. The fraction of sp³-hybridized carbons (Fsp3) is 0.600. The first-order chi connectivity index (χ1) is 13.3. The zero-order valence-electron chi connectivity index (χ0n) is 16.9. The molecule has 1 N–H and O–H groups in total. The van der Waals surface area contributed by atoms with Crippen molar-refractivity contribution in [3.05, 3.63) is 27.1 Å². The molecule has 8 heteroatoms. The normalized spacial score (nSPS) is 19.8. The third-order valence-corrected chi connectivity index (χ3v) is 6.34. The highest BCUT2D eigenvalue weighted by molar-refractivity contribution is 7.20. The molecule has 0 bridgehead atoms. The maximum atomic E-state index is 13.1. The van der Waals surface area contributed by atoms with Gasteiger partial charge in [-0.2, -0.15) is 0 Å².